The fourth-order valence-corrected chi connectivity index (χ4v) is 2.84. The van der Waals surface area contributed by atoms with E-state index < -0.39 is 11.0 Å². The van der Waals surface area contributed by atoms with Crippen LogP contribution in [0.25, 0.3) is 10.9 Å². The van der Waals surface area contributed by atoms with Crippen molar-refractivity contribution in [1.29, 1.82) is 0 Å². The van der Waals surface area contributed by atoms with Crippen molar-refractivity contribution in [2.24, 2.45) is 0 Å². The van der Waals surface area contributed by atoms with Crippen LogP contribution in [0.15, 0.2) is 48.5 Å². The number of aromatic nitrogens is 1. The first-order valence-corrected chi connectivity index (χ1v) is 8.60. The van der Waals surface area contributed by atoms with Gasteiger partial charge in [-0.05, 0) is 37.6 Å². The topological polar surface area (TPSA) is 97.5 Å². The minimum atomic E-state index is -0.743. The van der Waals surface area contributed by atoms with E-state index in [2.05, 4.69) is 10.3 Å². The van der Waals surface area contributed by atoms with Gasteiger partial charge in [0.05, 0.1) is 4.92 Å². The highest BCUT2D eigenvalue weighted by molar-refractivity contribution is 5.96. The molecule has 0 saturated carbocycles. The van der Waals surface area contributed by atoms with Crippen LogP contribution in [0.1, 0.15) is 11.3 Å². The van der Waals surface area contributed by atoms with Crippen LogP contribution in [-0.2, 0) is 0 Å². The standard InChI is InChI=1S/C20H21N3O4/c1-13-5-3-6-16(9-13)27-12-15(24)11-21-18-10-14(2)22-20-17(18)7-4-8-19(20)23(25)26/h3-10,15,24H,11-12H2,1-2H3,(H,21,22). The van der Waals surface area contributed by atoms with Gasteiger partial charge in [-0.15, -0.1) is 0 Å². The third-order valence-corrected chi connectivity index (χ3v) is 4.10. The molecule has 27 heavy (non-hydrogen) atoms. The summed E-state index contributed by atoms with van der Waals surface area (Å²) in [4.78, 5) is 15.1. The van der Waals surface area contributed by atoms with Gasteiger partial charge in [0, 0.05) is 29.4 Å². The number of aliphatic hydroxyl groups is 1. The number of non-ortho nitro benzene ring substituents is 1. The van der Waals surface area contributed by atoms with Crippen LogP contribution in [0.3, 0.4) is 0 Å². The number of rotatable bonds is 7. The first-order valence-electron chi connectivity index (χ1n) is 8.60. The van der Waals surface area contributed by atoms with Crippen LogP contribution in [0.2, 0.25) is 0 Å². The number of fused-ring (bicyclic) bond motifs is 1. The number of ether oxygens (including phenoxy) is 1. The first-order chi connectivity index (χ1) is 12.9. The Kier molecular flexibility index (Phi) is 5.52. The molecular formula is C20H21N3O4. The van der Waals surface area contributed by atoms with E-state index in [1.165, 1.54) is 6.07 Å². The molecule has 0 saturated heterocycles. The Morgan fingerprint density at radius 2 is 2.00 bits per heavy atom. The predicted octanol–water partition coefficient (Wildman–Crippen LogP) is 3.61. The van der Waals surface area contributed by atoms with Gasteiger partial charge < -0.3 is 15.2 Å². The van der Waals surface area contributed by atoms with Crippen LogP contribution in [0.4, 0.5) is 11.4 Å². The molecule has 1 atom stereocenters. The second-order valence-electron chi connectivity index (χ2n) is 6.40. The number of nitro benzene ring substituents is 1. The molecule has 2 N–H and O–H groups in total. The summed E-state index contributed by atoms with van der Waals surface area (Å²) in [5.74, 6) is 0.704. The zero-order chi connectivity index (χ0) is 19.4. The summed E-state index contributed by atoms with van der Waals surface area (Å²) < 4.78 is 5.61. The maximum absolute atomic E-state index is 11.2. The molecule has 1 heterocycles. The Hall–Kier alpha value is -3.19. The quantitative estimate of drug-likeness (QED) is 0.489. The lowest BCUT2D eigenvalue weighted by molar-refractivity contribution is -0.383. The zero-order valence-electron chi connectivity index (χ0n) is 15.2. The van der Waals surface area contributed by atoms with Gasteiger partial charge in [0.15, 0.2) is 5.52 Å². The number of hydrogen-bond donors (Lipinski definition) is 2. The Morgan fingerprint density at radius 1 is 1.22 bits per heavy atom. The number of nitrogens with zero attached hydrogens (tertiary/aromatic N) is 2. The third-order valence-electron chi connectivity index (χ3n) is 4.10. The lowest BCUT2D eigenvalue weighted by Gasteiger charge is -2.16. The molecule has 0 amide bonds. The van der Waals surface area contributed by atoms with Crippen LogP contribution in [0, 0.1) is 24.0 Å². The Labute approximate surface area is 156 Å². The fourth-order valence-electron chi connectivity index (χ4n) is 2.84. The van der Waals surface area contributed by atoms with Crippen molar-refractivity contribution in [2.45, 2.75) is 20.0 Å². The molecule has 0 aliphatic heterocycles. The maximum Gasteiger partial charge on any atom is 0.295 e. The van der Waals surface area contributed by atoms with Crippen molar-refractivity contribution in [3.63, 3.8) is 0 Å². The van der Waals surface area contributed by atoms with Crippen molar-refractivity contribution in [2.75, 3.05) is 18.5 Å². The average molecular weight is 367 g/mol. The number of pyridine rings is 1. The second kappa shape index (κ2) is 8.01. The van der Waals surface area contributed by atoms with Crippen LogP contribution in [-0.4, -0.2) is 34.3 Å². The number of aliphatic hydroxyl groups excluding tert-OH is 1. The second-order valence-corrected chi connectivity index (χ2v) is 6.40. The summed E-state index contributed by atoms with van der Waals surface area (Å²) in [7, 11) is 0. The number of nitro groups is 1. The van der Waals surface area contributed by atoms with E-state index >= 15 is 0 Å². The fraction of sp³-hybridized carbons (Fsp3) is 0.250. The summed E-state index contributed by atoms with van der Waals surface area (Å²) in [6.45, 7) is 4.13. The summed E-state index contributed by atoms with van der Waals surface area (Å²) in [6.07, 6.45) is -0.743. The van der Waals surface area contributed by atoms with Gasteiger partial charge in [-0.2, -0.15) is 0 Å². The highest BCUT2D eigenvalue weighted by Crippen LogP contribution is 2.29. The minimum Gasteiger partial charge on any atom is -0.491 e. The molecule has 0 bridgehead atoms. The smallest absolute Gasteiger partial charge is 0.295 e. The van der Waals surface area contributed by atoms with E-state index in [1.807, 2.05) is 31.2 Å². The SMILES string of the molecule is Cc1cccc(OCC(O)CNc2cc(C)nc3c([N+](=O)[O-])cccc23)c1. The Morgan fingerprint density at radius 3 is 2.74 bits per heavy atom. The van der Waals surface area contributed by atoms with E-state index in [1.54, 1.807) is 25.1 Å². The minimum absolute atomic E-state index is 0.0393. The molecule has 0 fully saturated rings. The van der Waals surface area contributed by atoms with Crippen molar-refractivity contribution < 1.29 is 14.8 Å². The number of para-hydroxylation sites is 1. The number of aryl methyl sites for hydroxylation is 2. The van der Waals surface area contributed by atoms with Gasteiger partial charge >= 0.3 is 0 Å². The van der Waals surface area contributed by atoms with Gasteiger partial charge in [-0.3, -0.25) is 10.1 Å². The summed E-state index contributed by atoms with van der Waals surface area (Å²) >= 11 is 0. The van der Waals surface area contributed by atoms with Crippen molar-refractivity contribution in [3.8, 4) is 5.75 Å². The lowest BCUT2D eigenvalue weighted by atomic mass is 10.1. The van der Waals surface area contributed by atoms with Gasteiger partial charge in [-0.25, -0.2) is 4.98 Å². The molecule has 2 aromatic carbocycles. The van der Waals surface area contributed by atoms with E-state index in [4.69, 9.17) is 4.74 Å². The molecule has 7 heteroatoms. The Balaban J connectivity index is 1.71. The molecule has 0 spiro atoms. The van der Waals surface area contributed by atoms with Crippen molar-refractivity contribution in [3.05, 3.63) is 69.9 Å². The third kappa shape index (κ3) is 4.51. The first kappa shape index (κ1) is 18.6. The number of hydrogen-bond acceptors (Lipinski definition) is 6. The number of nitrogens with one attached hydrogen (secondary N) is 1. The van der Waals surface area contributed by atoms with E-state index in [0.29, 0.717) is 28.0 Å². The molecule has 0 radical (unpaired) electrons. The van der Waals surface area contributed by atoms with Crippen LogP contribution >= 0.6 is 0 Å². The van der Waals surface area contributed by atoms with Gasteiger partial charge in [-0.1, -0.05) is 24.3 Å². The van der Waals surface area contributed by atoms with Gasteiger partial charge in [0.2, 0.25) is 0 Å². The average Bonchev–Trinajstić information content (AvgIpc) is 2.63. The summed E-state index contributed by atoms with van der Waals surface area (Å²) in [5, 5.41) is 25.2. The monoisotopic (exact) mass is 367 g/mol. The molecule has 7 nitrogen and oxygen atoms in total. The van der Waals surface area contributed by atoms with E-state index in [-0.39, 0.29) is 18.8 Å². The number of benzene rings is 2. The molecule has 0 aliphatic rings. The Bertz CT molecular complexity index is 975. The molecule has 1 unspecified atom stereocenters. The highest BCUT2D eigenvalue weighted by Gasteiger charge is 2.16. The molecule has 3 aromatic rings. The van der Waals surface area contributed by atoms with Crippen molar-refractivity contribution >= 4 is 22.3 Å². The van der Waals surface area contributed by atoms with Crippen molar-refractivity contribution in [1.82, 2.24) is 4.98 Å². The lowest BCUT2D eigenvalue weighted by Crippen LogP contribution is -2.26. The largest absolute Gasteiger partial charge is 0.491 e. The molecule has 140 valence electrons. The molecular weight excluding hydrogens is 346 g/mol. The van der Waals surface area contributed by atoms with Crippen LogP contribution in [0.5, 0.6) is 5.75 Å². The summed E-state index contributed by atoms with van der Waals surface area (Å²) in [6, 6.07) is 14.2. The zero-order valence-corrected chi connectivity index (χ0v) is 15.2. The van der Waals surface area contributed by atoms with Gasteiger partial charge in [0.25, 0.3) is 5.69 Å². The molecule has 1 aromatic heterocycles. The van der Waals surface area contributed by atoms with E-state index in [0.717, 1.165) is 5.56 Å². The van der Waals surface area contributed by atoms with E-state index in [9.17, 15) is 15.2 Å². The molecule has 0 aliphatic carbocycles. The number of anilines is 1. The predicted molar refractivity (Wildman–Crippen MR) is 104 cm³/mol. The normalized spacial score (nSPS) is 12.0. The van der Waals surface area contributed by atoms with Crippen LogP contribution < -0.4 is 10.1 Å². The summed E-state index contributed by atoms with van der Waals surface area (Å²) in [5.41, 5.74) is 2.72. The highest BCUT2D eigenvalue weighted by atomic mass is 16.6. The molecule has 3 rings (SSSR count). The maximum atomic E-state index is 11.2. The van der Waals surface area contributed by atoms with Gasteiger partial charge in [0.1, 0.15) is 18.5 Å².